The lowest BCUT2D eigenvalue weighted by molar-refractivity contribution is 0.268. The number of benzene rings is 1. The summed E-state index contributed by atoms with van der Waals surface area (Å²) in [6.07, 6.45) is 6.67. The van der Waals surface area contributed by atoms with Crippen LogP contribution in [-0.4, -0.2) is 74.5 Å². The Bertz CT molecular complexity index is 1430. The van der Waals surface area contributed by atoms with Gasteiger partial charge in [0.2, 0.25) is 5.82 Å². The topological polar surface area (TPSA) is 108 Å². The molecule has 2 atom stereocenters. The van der Waals surface area contributed by atoms with Crippen LogP contribution in [0.1, 0.15) is 38.4 Å². The number of nitrogens with two attached hydrogens (primary N) is 1. The summed E-state index contributed by atoms with van der Waals surface area (Å²) in [6, 6.07) is 12.5. The highest BCUT2D eigenvalue weighted by atomic mass is 16.3. The lowest BCUT2D eigenvalue weighted by Crippen LogP contribution is -2.63. The van der Waals surface area contributed by atoms with Crippen molar-refractivity contribution in [2.45, 2.75) is 50.7 Å². The van der Waals surface area contributed by atoms with Crippen molar-refractivity contribution in [3.05, 3.63) is 48.4 Å². The number of anilines is 3. The first kappa shape index (κ1) is 24.2. The molecule has 1 saturated carbocycles. The largest absolute Gasteiger partial charge is 0.507 e. The highest BCUT2D eigenvalue weighted by Crippen LogP contribution is 2.40. The van der Waals surface area contributed by atoms with E-state index in [1.54, 1.807) is 12.1 Å². The molecule has 1 aromatic carbocycles. The number of hydrogen-bond donors (Lipinski definition) is 2. The number of para-hydroxylation sites is 1. The van der Waals surface area contributed by atoms with Crippen LogP contribution in [0.3, 0.4) is 0 Å². The highest BCUT2D eigenvalue weighted by molar-refractivity contribution is 5.74. The van der Waals surface area contributed by atoms with E-state index in [1.807, 2.05) is 30.5 Å². The van der Waals surface area contributed by atoms with E-state index < -0.39 is 0 Å². The zero-order valence-electron chi connectivity index (χ0n) is 22.2. The van der Waals surface area contributed by atoms with Gasteiger partial charge in [0, 0.05) is 49.5 Å². The van der Waals surface area contributed by atoms with Gasteiger partial charge in [-0.05, 0) is 67.7 Å². The van der Waals surface area contributed by atoms with Crippen LogP contribution in [0, 0.1) is 23.7 Å². The predicted molar refractivity (Wildman–Crippen MR) is 151 cm³/mol. The second-order valence-electron chi connectivity index (χ2n) is 11.7. The zero-order valence-corrected chi connectivity index (χ0v) is 22.2. The first-order chi connectivity index (χ1) is 19.0. The molecule has 2 unspecified atom stereocenters. The van der Waals surface area contributed by atoms with Gasteiger partial charge in [0.05, 0.1) is 17.9 Å². The van der Waals surface area contributed by atoms with Gasteiger partial charge in [-0.2, -0.15) is 0 Å². The summed E-state index contributed by atoms with van der Waals surface area (Å²) >= 11 is 0. The standard InChI is InChI=1S/C30H34N8O/c1-19-11-22-17-37(26-15-25(34-35-30(26)31)24-5-2-3-6-27(24)39)18-23(12-19)38(22)29-8-9-32-28(33-29)7-4-10-36-16-20-13-21(36)14-20/h2-3,5-6,8-9,15,19-23,39H,10-14,16-18H2,1H3,(H2,31,35). The number of piperazine rings is 1. The fraction of sp³-hybridized carbons (Fsp3) is 0.467. The second kappa shape index (κ2) is 9.69. The first-order valence-electron chi connectivity index (χ1n) is 14.0. The number of nitrogens with zero attached hydrogens (tertiary/aromatic N) is 7. The molecule has 8 rings (SSSR count). The fourth-order valence-electron chi connectivity index (χ4n) is 7.09. The van der Waals surface area contributed by atoms with Gasteiger partial charge in [0.25, 0.3) is 0 Å². The first-order valence-corrected chi connectivity index (χ1v) is 14.0. The van der Waals surface area contributed by atoms with Crippen LogP contribution in [0.2, 0.25) is 0 Å². The van der Waals surface area contributed by atoms with Crippen molar-refractivity contribution in [3.8, 4) is 28.8 Å². The lowest BCUT2D eigenvalue weighted by atomic mass is 9.84. The Labute approximate surface area is 229 Å². The molecule has 3 aromatic rings. The molecule has 4 aliphatic heterocycles. The third-order valence-corrected chi connectivity index (χ3v) is 8.93. The third-order valence-electron chi connectivity index (χ3n) is 8.93. The number of rotatable bonds is 4. The number of hydrogen-bond acceptors (Lipinski definition) is 9. The number of fused-ring (bicyclic) bond motifs is 3. The number of aromatic nitrogens is 4. The van der Waals surface area contributed by atoms with Gasteiger partial charge in [-0.15, -0.1) is 10.2 Å². The number of nitrogen functional groups attached to an aromatic ring is 1. The van der Waals surface area contributed by atoms with E-state index in [1.165, 1.54) is 19.4 Å². The number of phenols is 1. The summed E-state index contributed by atoms with van der Waals surface area (Å²) in [5.74, 6) is 10.2. The Morgan fingerprint density at radius 2 is 1.79 bits per heavy atom. The van der Waals surface area contributed by atoms with Crippen molar-refractivity contribution in [1.29, 1.82) is 0 Å². The maximum absolute atomic E-state index is 10.4. The maximum atomic E-state index is 10.4. The second-order valence-corrected chi connectivity index (χ2v) is 11.7. The molecule has 2 aromatic heterocycles. The van der Waals surface area contributed by atoms with E-state index >= 15 is 0 Å². The molecule has 39 heavy (non-hydrogen) atoms. The van der Waals surface area contributed by atoms with Crippen molar-refractivity contribution < 1.29 is 5.11 Å². The molecule has 4 bridgehead atoms. The Hall–Kier alpha value is -3.90. The van der Waals surface area contributed by atoms with E-state index in [9.17, 15) is 5.11 Å². The van der Waals surface area contributed by atoms with Gasteiger partial charge in [-0.25, -0.2) is 9.97 Å². The number of aromatic hydroxyl groups is 1. The minimum Gasteiger partial charge on any atom is -0.507 e. The van der Waals surface area contributed by atoms with Crippen LogP contribution in [0.5, 0.6) is 5.75 Å². The van der Waals surface area contributed by atoms with Crippen LogP contribution in [-0.2, 0) is 0 Å². The number of piperidine rings is 1. The summed E-state index contributed by atoms with van der Waals surface area (Å²) in [5, 5.41) is 18.9. The SMILES string of the molecule is CC1CC2CN(c3cc(-c4ccccc4O)nnc3N)CC(C1)N2c1ccnc(C#CCN2CC3CC2C3)n1. The molecule has 0 radical (unpaired) electrons. The molecule has 1 aliphatic carbocycles. The van der Waals surface area contributed by atoms with Crippen molar-refractivity contribution in [2.24, 2.45) is 11.8 Å². The van der Waals surface area contributed by atoms with E-state index in [4.69, 9.17) is 10.7 Å². The van der Waals surface area contributed by atoms with Gasteiger partial charge >= 0.3 is 0 Å². The molecule has 5 fully saturated rings. The van der Waals surface area contributed by atoms with Crippen LogP contribution in [0.25, 0.3) is 11.3 Å². The van der Waals surface area contributed by atoms with E-state index in [-0.39, 0.29) is 17.8 Å². The lowest BCUT2D eigenvalue weighted by Gasteiger charge is -2.53. The zero-order chi connectivity index (χ0) is 26.5. The normalized spacial score (nSPS) is 27.6. The Balaban J connectivity index is 1.12. The molecule has 5 aliphatic rings. The molecule has 6 heterocycles. The van der Waals surface area contributed by atoms with Gasteiger partial charge in [0.1, 0.15) is 11.6 Å². The molecule has 0 amide bonds. The average Bonchev–Trinajstić information content (AvgIpc) is 3.49. The molecule has 200 valence electrons. The van der Waals surface area contributed by atoms with Gasteiger partial charge in [0.15, 0.2) is 5.82 Å². The Kier molecular flexibility index (Phi) is 6.00. The van der Waals surface area contributed by atoms with Crippen molar-refractivity contribution in [1.82, 2.24) is 25.1 Å². The van der Waals surface area contributed by atoms with Crippen molar-refractivity contribution in [3.63, 3.8) is 0 Å². The summed E-state index contributed by atoms with van der Waals surface area (Å²) in [6.45, 7) is 5.95. The van der Waals surface area contributed by atoms with E-state index in [2.05, 4.69) is 48.6 Å². The molecular formula is C30H34N8O. The third kappa shape index (κ3) is 4.53. The monoisotopic (exact) mass is 522 g/mol. The molecule has 4 saturated heterocycles. The fourth-order valence-corrected chi connectivity index (χ4v) is 7.09. The number of phenolic OH excluding ortho intramolecular Hbond substituents is 1. The van der Waals surface area contributed by atoms with Gasteiger partial charge in [-0.3, -0.25) is 4.90 Å². The average molecular weight is 523 g/mol. The van der Waals surface area contributed by atoms with E-state index in [0.29, 0.717) is 28.8 Å². The van der Waals surface area contributed by atoms with E-state index in [0.717, 1.165) is 55.9 Å². The smallest absolute Gasteiger partial charge is 0.206 e. The van der Waals surface area contributed by atoms with Crippen LogP contribution in [0.4, 0.5) is 17.3 Å². The molecule has 3 N–H and O–H groups in total. The molecule has 0 spiro atoms. The predicted octanol–water partition coefficient (Wildman–Crippen LogP) is 3.16. The highest BCUT2D eigenvalue weighted by Gasteiger charge is 2.42. The quantitative estimate of drug-likeness (QED) is 0.500. The molecule has 9 nitrogen and oxygen atoms in total. The van der Waals surface area contributed by atoms with Crippen LogP contribution in [0.15, 0.2) is 42.6 Å². The minimum absolute atomic E-state index is 0.179. The molecule has 9 heteroatoms. The van der Waals surface area contributed by atoms with Crippen LogP contribution < -0.4 is 15.5 Å². The van der Waals surface area contributed by atoms with Crippen LogP contribution >= 0.6 is 0 Å². The Morgan fingerprint density at radius 1 is 1.00 bits per heavy atom. The summed E-state index contributed by atoms with van der Waals surface area (Å²) in [4.78, 5) is 16.7. The molecular weight excluding hydrogens is 488 g/mol. The summed E-state index contributed by atoms with van der Waals surface area (Å²) in [5.41, 5.74) is 8.48. The summed E-state index contributed by atoms with van der Waals surface area (Å²) in [7, 11) is 0. The van der Waals surface area contributed by atoms with Gasteiger partial charge < -0.3 is 20.6 Å². The summed E-state index contributed by atoms with van der Waals surface area (Å²) < 4.78 is 0. The maximum Gasteiger partial charge on any atom is 0.206 e. The van der Waals surface area contributed by atoms with Crippen molar-refractivity contribution in [2.75, 3.05) is 41.7 Å². The minimum atomic E-state index is 0.179. The van der Waals surface area contributed by atoms with Crippen molar-refractivity contribution >= 4 is 17.3 Å². The Morgan fingerprint density at radius 3 is 2.54 bits per heavy atom. The van der Waals surface area contributed by atoms with Gasteiger partial charge in [-0.1, -0.05) is 25.0 Å².